The van der Waals surface area contributed by atoms with Crippen LogP contribution in [0.4, 0.5) is 11.4 Å². The monoisotopic (exact) mass is 497 g/mol. The van der Waals surface area contributed by atoms with E-state index in [1.54, 1.807) is 79.7 Å². The van der Waals surface area contributed by atoms with Crippen LogP contribution in [0.15, 0.2) is 72.8 Å². The normalized spacial score (nSPS) is 11.1. The predicted molar refractivity (Wildman–Crippen MR) is 138 cm³/mol. The van der Waals surface area contributed by atoms with Crippen LogP contribution in [-0.2, 0) is 4.79 Å². The van der Waals surface area contributed by atoms with Gasteiger partial charge in [-0.05, 0) is 80.7 Å². The van der Waals surface area contributed by atoms with E-state index in [9.17, 15) is 9.59 Å². The molecule has 0 aliphatic rings. The lowest BCUT2D eigenvalue weighted by Crippen LogP contribution is -2.34. The smallest absolute Gasteiger partial charge is 0.265 e. The van der Waals surface area contributed by atoms with Gasteiger partial charge in [-0.3, -0.25) is 14.9 Å². The zero-order chi connectivity index (χ0) is 24.5. The zero-order valence-corrected chi connectivity index (χ0v) is 20.2. The van der Waals surface area contributed by atoms with Gasteiger partial charge in [-0.15, -0.1) is 0 Å². The summed E-state index contributed by atoms with van der Waals surface area (Å²) in [6.07, 6.45) is -0.748. The fourth-order valence-electron chi connectivity index (χ4n) is 2.90. The summed E-state index contributed by atoms with van der Waals surface area (Å²) in [4.78, 5) is 24.9. The first-order valence-electron chi connectivity index (χ1n) is 10.5. The number of nitrogens with one attached hydrogen (secondary N) is 3. The van der Waals surface area contributed by atoms with E-state index in [0.717, 1.165) is 0 Å². The molecule has 3 aromatic carbocycles. The van der Waals surface area contributed by atoms with E-state index >= 15 is 0 Å². The lowest BCUT2D eigenvalue weighted by molar-refractivity contribution is -0.122. The van der Waals surface area contributed by atoms with Crippen molar-refractivity contribution in [2.45, 2.75) is 20.0 Å². The van der Waals surface area contributed by atoms with E-state index in [4.69, 9.17) is 33.3 Å². The maximum absolute atomic E-state index is 12.4. The number of para-hydroxylation sites is 1. The summed E-state index contributed by atoms with van der Waals surface area (Å²) in [6.45, 7) is 4.02. The van der Waals surface area contributed by atoms with Crippen LogP contribution in [-0.4, -0.2) is 29.6 Å². The molecule has 9 heteroatoms. The summed E-state index contributed by atoms with van der Waals surface area (Å²) in [5.74, 6) is 0.373. The van der Waals surface area contributed by atoms with Crippen LogP contribution in [0.5, 0.6) is 11.5 Å². The molecule has 1 unspecified atom stereocenters. The Morgan fingerprint density at radius 1 is 0.971 bits per heavy atom. The molecule has 3 N–H and O–H groups in total. The van der Waals surface area contributed by atoms with Crippen molar-refractivity contribution < 1.29 is 19.1 Å². The lowest BCUT2D eigenvalue weighted by atomic mass is 10.2. The quantitative estimate of drug-likeness (QED) is 0.367. The summed E-state index contributed by atoms with van der Waals surface area (Å²) in [5.41, 5.74) is 1.65. The number of carbonyl (C=O) groups is 2. The van der Waals surface area contributed by atoms with Crippen molar-refractivity contribution in [1.29, 1.82) is 0 Å². The minimum Gasteiger partial charge on any atom is -0.494 e. The molecular weight excluding hydrogens is 474 g/mol. The summed E-state index contributed by atoms with van der Waals surface area (Å²) in [6, 6.07) is 20.7. The lowest BCUT2D eigenvalue weighted by Gasteiger charge is -2.16. The SMILES string of the molecule is CCOc1cccc(C(=O)NC(=S)Nc2ccc(NC(=O)C(C)Oc3ccccc3Cl)cc2)c1. The summed E-state index contributed by atoms with van der Waals surface area (Å²) < 4.78 is 11.0. The molecule has 0 bridgehead atoms. The van der Waals surface area contributed by atoms with E-state index in [1.807, 2.05) is 6.92 Å². The molecule has 0 aliphatic heterocycles. The number of anilines is 2. The van der Waals surface area contributed by atoms with Crippen LogP contribution in [0.1, 0.15) is 24.2 Å². The van der Waals surface area contributed by atoms with Gasteiger partial charge in [-0.1, -0.05) is 29.8 Å². The second-order valence-electron chi connectivity index (χ2n) is 7.13. The van der Waals surface area contributed by atoms with Crippen molar-refractivity contribution >= 4 is 52.1 Å². The highest BCUT2D eigenvalue weighted by molar-refractivity contribution is 7.80. The summed E-state index contributed by atoms with van der Waals surface area (Å²) in [5, 5.41) is 8.93. The fourth-order valence-corrected chi connectivity index (χ4v) is 3.29. The molecule has 0 fully saturated rings. The average molecular weight is 498 g/mol. The van der Waals surface area contributed by atoms with Crippen LogP contribution >= 0.6 is 23.8 Å². The minimum atomic E-state index is -0.748. The summed E-state index contributed by atoms with van der Waals surface area (Å²) >= 11 is 11.3. The standard InChI is InChI=1S/C25H24ClN3O4S/c1-3-32-20-8-6-7-17(15-20)24(31)29-25(34)28-19-13-11-18(12-14-19)27-23(30)16(2)33-22-10-5-4-9-21(22)26/h4-16H,3H2,1-2H3,(H,27,30)(H2,28,29,31,34). The molecule has 0 aromatic heterocycles. The Balaban J connectivity index is 1.51. The molecule has 176 valence electrons. The number of thiocarbonyl (C=S) groups is 1. The average Bonchev–Trinajstić information content (AvgIpc) is 2.82. The van der Waals surface area contributed by atoms with E-state index in [-0.39, 0.29) is 16.9 Å². The van der Waals surface area contributed by atoms with Gasteiger partial charge in [0.05, 0.1) is 11.6 Å². The molecule has 3 aromatic rings. The third kappa shape index (κ3) is 7.19. The topological polar surface area (TPSA) is 88.7 Å². The van der Waals surface area contributed by atoms with Crippen LogP contribution in [0.2, 0.25) is 5.02 Å². The van der Waals surface area contributed by atoms with E-state index < -0.39 is 6.10 Å². The Morgan fingerprint density at radius 2 is 1.65 bits per heavy atom. The first-order chi connectivity index (χ1) is 16.4. The number of amides is 2. The largest absolute Gasteiger partial charge is 0.494 e. The maximum Gasteiger partial charge on any atom is 0.265 e. The number of benzene rings is 3. The minimum absolute atomic E-state index is 0.144. The van der Waals surface area contributed by atoms with Gasteiger partial charge in [0.1, 0.15) is 11.5 Å². The van der Waals surface area contributed by atoms with E-state index in [2.05, 4.69) is 16.0 Å². The molecule has 2 amide bonds. The van der Waals surface area contributed by atoms with Gasteiger partial charge in [0, 0.05) is 16.9 Å². The highest BCUT2D eigenvalue weighted by atomic mass is 35.5. The summed E-state index contributed by atoms with van der Waals surface area (Å²) in [7, 11) is 0. The van der Waals surface area contributed by atoms with Gasteiger partial charge in [0.2, 0.25) is 0 Å². The van der Waals surface area contributed by atoms with Gasteiger partial charge < -0.3 is 20.1 Å². The number of ether oxygens (including phenoxy) is 2. The van der Waals surface area contributed by atoms with Crippen LogP contribution in [0, 0.1) is 0 Å². The Bertz CT molecular complexity index is 1170. The number of carbonyl (C=O) groups excluding carboxylic acids is 2. The fraction of sp³-hybridized carbons (Fsp3) is 0.160. The third-order valence-electron chi connectivity index (χ3n) is 4.55. The van der Waals surface area contributed by atoms with Gasteiger partial charge in [0.25, 0.3) is 11.8 Å². The van der Waals surface area contributed by atoms with Crippen LogP contribution in [0.3, 0.4) is 0 Å². The Labute approximate surface area is 208 Å². The van der Waals surface area contributed by atoms with Gasteiger partial charge in [0.15, 0.2) is 11.2 Å². The Morgan fingerprint density at radius 3 is 2.32 bits per heavy atom. The highest BCUT2D eigenvalue weighted by Crippen LogP contribution is 2.24. The second kappa shape index (κ2) is 12.0. The molecule has 0 saturated carbocycles. The maximum atomic E-state index is 12.4. The Hall–Kier alpha value is -3.62. The molecule has 3 rings (SSSR count). The first kappa shape index (κ1) is 25.0. The molecule has 7 nitrogen and oxygen atoms in total. The molecule has 1 atom stereocenters. The highest BCUT2D eigenvalue weighted by Gasteiger charge is 2.16. The number of hydrogen-bond acceptors (Lipinski definition) is 5. The molecule has 0 saturated heterocycles. The molecule has 0 spiro atoms. The van der Waals surface area contributed by atoms with Gasteiger partial charge in [-0.2, -0.15) is 0 Å². The molecular formula is C25H24ClN3O4S. The third-order valence-corrected chi connectivity index (χ3v) is 5.07. The van der Waals surface area contributed by atoms with E-state index in [0.29, 0.717) is 40.1 Å². The van der Waals surface area contributed by atoms with Crippen molar-refractivity contribution in [3.63, 3.8) is 0 Å². The van der Waals surface area contributed by atoms with Gasteiger partial charge >= 0.3 is 0 Å². The molecule has 34 heavy (non-hydrogen) atoms. The predicted octanol–water partition coefficient (Wildman–Crippen LogP) is 5.27. The molecule has 0 heterocycles. The number of rotatable bonds is 8. The molecule has 0 radical (unpaired) electrons. The van der Waals surface area contributed by atoms with Crippen LogP contribution in [0.25, 0.3) is 0 Å². The first-order valence-corrected chi connectivity index (χ1v) is 11.3. The van der Waals surface area contributed by atoms with Crippen molar-refractivity contribution in [1.82, 2.24) is 5.32 Å². The van der Waals surface area contributed by atoms with Crippen molar-refractivity contribution in [3.05, 3.63) is 83.4 Å². The Kier molecular flexibility index (Phi) is 8.84. The van der Waals surface area contributed by atoms with Crippen LogP contribution < -0.4 is 25.4 Å². The van der Waals surface area contributed by atoms with E-state index in [1.165, 1.54) is 0 Å². The van der Waals surface area contributed by atoms with Crippen molar-refractivity contribution in [2.75, 3.05) is 17.2 Å². The molecule has 0 aliphatic carbocycles. The van der Waals surface area contributed by atoms with Crippen molar-refractivity contribution in [3.8, 4) is 11.5 Å². The number of halogens is 1. The van der Waals surface area contributed by atoms with Crippen molar-refractivity contribution in [2.24, 2.45) is 0 Å². The second-order valence-corrected chi connectivity index (χ2v) is 7.94. The zero-order valence-electron chi connectivity index (χ0n) is 18.6. The van der Waals surface area contributed by atoms with Gasteiger partial charge in [-0.25, -0.2) is 0 Å². The number of hydrogen-bond donors (Lipinski definition) is 3.